The molecule has 3 aromatic carbocycles. The number of hydrogen-bond donors (Lipinski definition) is 3. The van der Waals surface area contributed by atoms with Crippen LogP contribution in [0.2, 0.25) is 0 Å². The molecule has 0 radical (unpaired) electrons. The second-order valence-corrected chi connectivity index (χ2v) is 10.7. The summed E-state index contributed by atoms with van der Waals surface area (Å²) in [6.07, 6.45) is 1.65. The fraction of sp³-hybridized carbons (Fsp3) is 0.192. The molecule has 0 bridgehead atoms. The Labute approximate surface area is 210 Å². The average Bonchev–Trinajstić information content (AvgIpc) is 3.62. The molecule has 0 saturated heterocycles. The highest BCUT2D eigenvalue weighted by Crippen LogP contribution is 2.47. The molecule has 0 atom stereocenters. The average molecular weight is 530 g/mol. The predicted molar refractivity (Wildman–Crippen MR) is 134 cm³/mol. The molecule has 7 nitrogen and oxygen atoms in total. The summed E-state index contributed by atoms with van der Waals surface area (Å²) in [5.74, 6) is -3.37. The molecule has 1 aliphatic carbocycles. The smallest absolute Gasteiger partial charge is 0.255 e. The number of carbonyl (C=O) groups excluding carboxylic acids is 1. The van der Waals surface area contributed by atoms with E-state index in [9.17, 15) is 26.4 Å². The summed E-state index contributed by atoms with van der Waals surface area (Å²) < 4.78 is 75.6. The molecule has 1 heterocycles. The molecule has 5 rings (SSSR count). The first kappa shape index (κ1) is 24.7. The molecule has 1 fully saturated rings. The van der Waals surface area contributed by atoms with Gasteiger partial charge in [0.15, 0.2) is 0 Å². The Hall–Kier alpha value is -3.99. The van der Waals surface area contributed by atoms with E-state index in [4.69, 9.17) is 10.2 Å². The number of nitrogens with two attached hydrogens (primary N) is 1. The minimum Gasteiger partial charge on any atom is -0.455 e. The van der Waals surface area contributed by atoms with Gasteiger partial charge in [-0.05, 0) is 72.4 Å². The first-order valence-electron chi connectivity index (χ1n) is 11.4. The van der Waals surface area contributed by atoms with Gasteiger partial charge in [0, 0.05) is 24.1 Å². The highest BCUT2D eigenvalue weighted by molar-refractivity contribution is 7.91. The van der Waals surface area contributed by atoms with Gasteiger partial charge in [-0.2, -0.15) is 0 Å². The maximum atomic E-state index is 13.8. The van der Waals surface area contributed by atoms with Crippen molar-refractivity contribution in [1.82, 2.24) is 5.32 Å². The van der Waals surface area contributed by atoms with Crippen LogP contribution < -0.4 is 15.8 Å². The van der Waals surface area contributed by atoms with Crippen molar-refractivity contribution >= 4 is 38.3 Å². The zero-order valence-electron chi connectivity index (χ0n) is 19.6. The van der Waals surface area contributed by atoms with Crippen molar-refractivity contribution in [3.05, 3.63) is 82.7 Å². The number of amides is 1. The quantitative estimate of drug-likeness (QED) is 0.282. The SMILES string of the molecule is CNC(=O)c1c(-c2ccc(F)cc2)oc2cc(NS(=O)(=O)Cc3cc(F)c(N)c(F)c3)c(C3CC3)cc12. The summed E-state index contributed by atoms with van der Waals surface area (Å²) in [4.78, 5) is 12.8. The molecule has 192 valence electrons. The van der Waals surface area contributed by atoms with Gasteiger partial charge in [-0.25, -0.2) is 21.6 Å². The summed E-state index contributed by atoms with van der Waals surface area (Å²) in [5, 5.41) is 3.06. The van der Waals surface area contributed by atoms with Crippen LogP contribution in [0.25, 0.3) is 22.3 Å². The van der Waals surface area contributed by atoms with Gasteiger partial charge in [-0.3, -0.25) is 9.52 Å². The van der Waals surface area contributed by atoms with E-state index in [1.807, 2.05) is 0 Å². The molecule has 0 spiro atoms. The third-order valence-electron chi connectivity index (χ3n) is 6.20. The second-order valence-electron chi connectivity index (χ2n) is 8.94. The van der Waals surface area contributed by atoms with Gasteiger partial charge < -0.3 is 15.5 Å². The van der Waals surface area contributed by atoms with Crippen molar-refractivity contribution in [3.8, 4) is 11.3 Å². The molecule has 4 aromatic rings. The van der Waals surface area contributed by atoms with E-state index in [1.54, 1.807) is 6.07 Å². The lowest BCUT2D eigenvalue weighted by Gasteiger charge is -2.13. The maximum Gasteiger partial charge on any atom is 0.255 e. The Morgan fingerprint density at radius 1 is 1.05 bits per heavy atom. The lowest BCUT2D eigenvalue weighted by atomic mass is 10.0. The molecule has 1 amide bonds. The lowest BCUT2D eigenvalue weighted by molar-refractivity contribution is 0.0964. The van der Waals surface area contributed by atoms with Crippen LogP contribution in [0.5, 0.6) is 0 Å². The number of nitrogens with one attached hydrogen (secondary N) is 2. The third-order valence-corrected chi connectivity index (χ3v) is 7.44. The van der Waals surface area contributed by atoms with Crippen LogP contribution in [0, 0.1) is 17.5 Å². The monoisotopic (exact) mass is 529 g/mol. The van der Waals surface area contributed by atoms with Gasteiger partial charge >= 0.3 is 0 Å². The zero-order chi connectivity index (χ0) is 26.5. The molecule has 1 saturated carbocycles. The number of hydrogen-bond acceptors (Lipinski definition) is 5. The fourth-order valence-electron chi connectivity index (χ4n) is 4.28. The van der Waals surface area contributed by atoms with E-state index in [-0.39, 0.29) is 34.1 Å². The number of halogens is 3. The summed E-state index contributed by atoms with van der Waals surface area (Å²) in [7, 11) is -2.62. The number of carbonyl (C=O) groups is 1. The van der Waals surface area contributed by atoms with Crippen molar-refractivity contribution in [2.45, 2.75) is 24.5 Å². The Bertz CT molecular complexity index is 1620. The second kappa shape index (κ2) is 9.15. The molecular weight excluding hydrogens is 507 g/mol. The fourth-order valence-corrected chi connectivity index (χ4v) is 5.47. The summed E-state index contributed by atoms with van der Waals surface area (Å²) in [6.45, 7) is 0. The van der Waals surface area contributed by atoms with Gasteiger partial charge in [-0.15, -0.1) is 0 Å². The van der Waals surface area contributed by atoms with Crippen molar-refractivity contribution in [1.29, 1.82) is 0 Å². The summed E-state index contributed by atoms with van der Waals surface area (Å²) in [5.41, 5.74) is 6.35. The molecule has 4 N–H and O–H groups in total. The normalized spacial score (nSPS) is 13.6. The molecule has 37 heavy (non-hydrogen) atoms. The van der Waals surface area contributed by atoms with Gasteiger partial charge in [0.1, 0.15) is 34.5 Å². The highest BCUT2D eigenvalue weighted by atomic mass is 32.2. The van der Waals surface area contributed by atoms with E-state index in [0.717, 1.165) is 25.0 Å². The van der Waals surface area contributed by atoms with Crippen molar-refractivity contribution < 1.29 is 30.8 Å². The van der Waals surface area contributed by atoms with E-state index in [2.05, 4.69) is 10.0 Å². The van der Waals surface area contributed by atoms with Crippen LogP contribution in [0.15, 0.2) is 52.9 Å². The number of nitrogen functional groups attached to an aromatic ring is 1. The van der Waals surface area contributed by atoms with E-state index in [1.165, 1.54) is 37.4 Å². The number of rotatable bonds is 7. The van der Waals surface area contributed by atoms with Crippen LogP contribution in [-0.2, 0) is 15.8 Å². The largest absolute Gasteiger partial charge is 0.455 e. The standard InChI is InChI=1S/C26H22F3N3O4S/c1-31-26(33)23-18-10-17(14-2-3-14)21(11-22(18)36-25(23)15-4-6-16(27)7-5-15)32-37(34,35)12-13-8-19(28)24(30)20(29)9-13/h4-11,14,32H,2-3,12,30H2,1H3,(H,31,33). The van der Waals surface area contributed by atoms with Crippen molar-refractivity contribution in [2.75, 3.05) is 17.5 Å². The van der Waals surface area contributed by atoms with Gasteiger partial charge in [-0.1, -0.05) is 0 Å². The van der Waals surface area contributed by atoms with Crippen molar-refractivity contribution in [2.24, 2.45) is 0 Å². The summed E-state index contributed by atoms with van der Waals surface area (Å²) in [6, 6.07) is 10.4. The van der Waals surface area contributed by atoms with Gasteiger partial charge in [0.2, 0.25) is 10.0 Å². The van der Waals surface area contributed by atoms with Crippen LogP contribution >= 0.6 is 0 Å². The Balaban J connectivity index is 1.59. The Morgan fingerprint density at radius 2 is 1.70 bits per heavy atom. The summed E-state index contributed by atoms with van der Waals surface area (Å²) >= 11 is 0. The minimum absolute atomic E-state index is 0.0650. The van der Waals surface area contributed by atoms with Gasteiger partial charge in [0.25, 0.3) is 5.91 Å². The Kier molecular flexibility index (Phi) is 6.10. The number of furan rings is 1. The van der Waals surface area contributed by atoms with Crippen LogP contribution in [-0.4, -0.2) is 21.4 Å². The first-order valence-corrected chi connectivity index (χ1v) is 13.0. The van der Waals surface area contributed by atoms with Crippen LogP contribution in [0.3, 0.4) is 0 Å². The molecule has 1 aliphatic rings. The molecular formula is C26H22F3N3O4S. The van der Waals surface area contributed by atoms with Crippen LogP contribution in [0.4, 0.5) is 24.5 Å². The van der Waals surface area contributed by atoms with Crippen LogP contribution in [0.1, 0.15) is 40.2 Å². The number of sulfonamides is 1. The number of benzene rings is 3. The number of fused-ring (bicyclic) bond motifs is 1. The predicted octanol–water partition coefficient (Wildman–Crippen LogP) is 5.28. The van der Waals surface area contributed by atoms with E-state index >= 15 is 0 Å². The lowest BCUT2D eigenvalue weighted by Crippen LogP contribution is -2.18. The highest BCUT2D eigenvalue weighted by Gasteiger charge is 2.31. The third kappa shape index (κ3) is 4.86. The topological polar surface area (TPSA) is 114 Å². The first-order chi connectivity index (χ1) is 17.6. The van der Waals surface area contributed by atoms with Gasteiger partial charge in [0.05, 0.1) is 17.0 Å². The Morgan fingerprint density at radius 3 is 2.30 bits per heavy atom. The molecule has 1 aromatic heterocycles. The molecule has 0 unspecified atom stereocenters. The van der Waals surface area contributed by atoms with E-state index < -0.39 is 44.8 Å². The minimum atomic E-state index is -4.10. The maximum absolute atomic E-state index is 13.8. The zero-order valence-corrected chi connectivity index (χ0v) is 20.4. The molecule has 0 aliphatic heterocycles. The number of anilines is 2. The van der Waals surface area contributed by atoms with E-state index in [0.29, 0.717) is 16.5 Å². The molecule has 11 heteroatoms. The van der Waals surface area contributed by atoms with Crippen molar-refractivity contribution in [3.63, 3.8) is 0 Å².